The van der Waals surface area contributed by atoms with Crippen molar-refractivity contribution in [2.24, 2.45) is 0 Å². The third-order valence-corrected chi connectivity index (χ3v) is 6.35. The molecule has 1 aromatic heterocycles. The van der Waals surface area contributed by atoms with Crippen molar-refractivity contribution >= 4 is 40.3 Å². The van der Waals surface area contributed by atoms with Gasteiger partial charge >= 0.3 is 5.97 Å². The van der Waals surface area contributed by atoms with Gasteiger partial charge in [0.05, 0.1) is 30.0 Å². The Morgan fingerprint density at radius 3 is 2.69 bits per heavy atom. The number of carbonyl (C=O) groups excluding carboxylic acids is 2. The van der Waals surface area contributed by atoms with Crippen LogP contribution in [-0.4, -0.2) is 36.0 Å². The fourth-order valence-electron chi connectivity index (χ4n) is 4.68. The molecule has 3 N–H and O–H groups in total. The van der Waals surface area contributed by atoms with E-state index in [1.807, 2.05) is 19.9 Å². The zero-order chi connectivity index (χ0) is 24.9. The SMILES string of the molecule is Cc1cc([C@@H](C)Nc2ccccc2C(=O)O)c2oc(N3CC4=C(C3)C(=O)NC(=O)C4)cc(=O)c2c1. The lowest BCUT2D eigenvalue weighted by molar-refractivity contribution is -0.128. The number of nitrogens with one attached hydrogen (secondary N) is 2. The maximum absolute atomic E-state index is 13.1. The van der Waals surface area contributed by atoms with Crippen molar-refractivity contribution in [3.05, 3.63) is 80.5 Å². The van der Waals surface area contributed by atoms with Crippen molar-refractivity contribution in [2.45, 2.75) is 26.3 Å². The van der Waals surface area contributed by atoms with Crippen molar-refractivity contribution in [1.82, 2.24) is 5.32 Å². The van der Waals surface area contributed by atoms with E-state index in [-0.39, 0.29) is 35.9 Å². The molecule has 3 aromatic rings. The average Bonchev–Trinajstić information content (AvgIpc) is 3.23. The molecular formula is C26H23N3O6. The van der Waals surface area contributed by atoms with Gasteiger partial charge in [0.2, 0.25) is 11.8 Å². The molecule has 2 aromatic carbocycles. The van der Waals surface area contributed by atoms with Gasteiger partial charge in [0.25, 0.3) is 5.91 Å². The number of carboxylic acid groups (broad SMARTS) is 1. The second-order valence-corrected chi connectivity index (χ2v) is 8.89. The van der Waals surface area contributed by atoms with Crippen LogP contribution >= 0.6 is 0 Å². The number of imide groups is 1. The highest BCUT2D eigenvalue weighted by atomic mass is 16.4. The first-order chi connectivity index (χ1) is 16.7. The monoisotopic (exact) mass is 473 g/mol. The number of aromatic carboxylic acids is 1. The number of amides is 2. The van der Waals surface area contributed by atoms with Gasteiger partial charge in [0, 0.05) is 29.4 Å². The molecule has 0 spiro atoms. The second kappa shape index (κ2) is 8.43. The fourth-order valence-corrected chi connectivity index (χ4v) is 4.68. The van der Waals surface area contributed by atoms with Gasteiger partial charge in [0.1, 0.15) is 5.58 Å². The highest BCUT2D eigenvalue weighted by Crippen LogP contribution is 2.33. The van der Waals surface area contributed by atoms with Crippen molar-refractivity contribution in [1.29, 1.82) is 0 Å². The van der Waals surface area contributed by atoms with Crippen LogP contribution in [0.25, 0.3) is 11.0 Å². The Balaban J connectivity index is 1.54. The zero-order valence-electron chi connectivity index (χ0n) is 19.2. The Labute approximate surface area is 200 Å². The lowest BCUT2D eigenvalue weighted by atomic mass is 10.0. The minimum atomic E-state index is -1.05. The molecule has 2 aliphatic rings. The van der Waals surface area contributed by atoms with Crippen LogP contribution in [0.4, 0.5) is 11.6 Å². The Bertz CT molecular complexity index is 1500. The van der Waals surface area contributed by atoms with E-state index in [0.717, 1.165) is 11.1 Å². The Morgan fingerprint density at radius 2 is 1.91 bits per heavy atom. The Hall–Kier alpha value is -4.40. The van der Waals surface area contributed by atoms with E-state index in [1.54, 1.807) is 29.2 Å². The van der Waals surface area contributed by atoms with Crippen molar-refractivity contribution in [3.63, 3.8) is 0 Å². The molecule has 35 heavy (non-hydrogen) atoms. The molecule has 0 radical (unpaired) electrons. The molecule has 0 aliphatic carbocycles. The molecule has 9 nitrogen and oxygen atoms in total. The number of carbonyl (C=O) groups is 3. The number of anilines is 2. The summed E-state index contributed by atoms with van der Waals surface area (Å²) >= 11 is 0. The number of aryl methyl sites for hydroxylation is 1. The van der Waals surface area contributed by atoms with Crippen molar-refractivity contribution in [3.8, 4) is 0 Å². The molecule has 0 saturated carbocycles. The minimum Gasteiger partial charge on any atom is -0.478 e. The lowest BCUT2D eigenvalue weighted by Crippen LogP contribution is -2.36. The van der Waals surface area contributed by atoms with Gasteiger partial charge in [-0.15, -0.1) is 0 Å². The Morgan fingerprint density at radius 1 is 1.14 bits per heavy atom. The highest BCUT2D eigenvalue weighted by molar-refractivity contribution is 6.09. The van der Waals surface area contributed by atoms with E-state index in [1.165, 1.54) is 12.1 Å². The summed E-state index contributed by atoms with van der Waals surface area (Å²) in [5.74, 6) is -1.49. The number of hydrogen-bond acceptors (Lipinski definition) is 7. The number of hydrogen-bond donors (Lipinski definition) is 3. The summed E-state index contributed by atoms with van der Waals surface area (Å²) in [6, 6.07) is 11.3. The number of para-hydroxylation sites is 1. The molecule has 2 amide bonds. The molecular weight excluding hydrogens is 450 g/mol. The van der Waals surface area contributed by atoms with E-state index in [0.29, 0.717) is 40.2 Å². The summed E-state index contributed by atoms with van der Waals surface area (Å²) < 4.78 is 6.24. The molecule has 0 fully saturated rings. The maximum Gasteiger partial charge on any atom is 0.337 e. The van der Waals surface area contributed by atoms with Crippen molar-refractivity contribution in [2.75, 3.05) is 23.3 Å². The van der Waals surface area contributed by atoms with E-state index in [2.05, 4.69) is 10.6 Å². The third kappa shape index (κ3) is 4.05. The largest absolute Gasteiger partial charge is 0.478 e. The van der Waals surface area contributed by atoms with E-state index in [9.17, 15) is 24.3 Å². The van der Waals surface area contributed by atoms with Gasteiger partial charge in [-0.2, -0.15) is 0 Å². The molecule has 0 saturated heterocycles. The van der Waals surface area contributed by atoms with Crippen LogP contribution in [0.1, 0.15) is 40.9 Å². The summed E-state index contributed by atoms with van der Waals surface area (Å²) in [4.78, 5) is 50.5. The summed E-state index contributed by atoms with van der Waals surface area (Å²) in [6.07, 6.45) is 0.143. The molecule has 0 unspecified atom stereocenters. The third-order valence-electron chi connectivity index (χ3n) is 6.35. The number of carboxylic acids is 1. The van der Waals surface area contributed by atoms with E-state index in [4.69, 9.17) is 4.42 Å². The van der Waals surface area contributed by atoms with E-state index >= 15 is 0 Å². The minimum absolute atomic E-state index is 0.139. The van der Waals surface area contributed by atoms with Crippen LogP contribution in [0.5, 0.6) is 0 Å². The maximum atomic E-state index is 13.1. The van der Waals surface area contributed by atoms with Crippen LogP contribution in [0.15, 0.2) is 62.8 Å². The Kier molecular flexibility index (Phi) is 5.39. The average molecular weight is 473 g/mol. The molecule has 1 atom stereocenters. The fraction of sp³-hybridized carbons (Fsp3) is 0.231. The molecule has 3 heterocycles. The first kappa shape index (κ1) is 22.4. The number of benzene rings is 2. The van der Waals surface area contributed by atoms with Gasteiger partial charge in [0.15, 0.2) is 5.43 Å². The van der Waals surface area contributed by atoms with Crippen LogP contribution < -0.4 is 21.0 Å². The predicted octanol–water partition coefficient (Wildman–Crippen LogP) is 3.14. The quantitative estimate of drug-likeness (QED) is 0.482. The van der Waals surface area contributed by atoms with Crippen molar-refractivity contribution < 1.29 is 23.9 Å². The number of rotatable bonds is 5. The van der Waals surface area contributed by atoms with Gasteiger partial charge < -0.3 is 19.7 Å². The smallest absolute Gasteiger partial charge is 0.337 e. The molecule has 5 rings (SSSR count). The van der Waals surface area contributed by atoms with Gasteiger partial charge in [-0.3, -0.25) is 19.7 Å². The predicted molar refractivity (Wildman–Crippen MR) is 130 cm³/mol. The van der Waals surface area contributed by atoms with Crippen LogP contribution in [0.2, 0.25) is 0 Å². The topological polar surface area (TPSA) is 129 Å². The first-order valence-electron chi connectivity index (χ1n) is 11.2. The van der Waals surface area contributed by atoms with Gasteiger partial charge in [-0.25, -0.2) is 4.79 Å². The molecule has 2 aliphatic heterocycles. The normalized spacial score (nSPS) is 16.3. The summed E-state index contributed by atoms with van der Waals surface area (Å²) in [5, 5.41) is 15.5. The lowest BCUT2D eigenvalue weighted by Gasteiger charge is -2.21. The van der Waals surface area contributed by atoms with Gasteiger partial charge in [-0.05, 0) is 43.2 Å². The summed E-state index contributed by atoms with van der Waals surface area (Å²) in [5.41, 5.74) is 3.56. The van der Waals surface area contributed by atoms with Crippen LogP contribution in [0.3, 0.4) is 0 Å². The number of fused-ring (bicyclic) bond motifs is 1. The summed E-state index contributed by atoms with van der Waals surface area (Å²) in [6.45, 7) is 4.31. The second-order valence-electron chi connectivity index (χ2n) is 8.89. The standard InChI is InChI=1S/C26H23N3O6/c1-13-7-17(14(2)27-20-6-4-3-5-16(20)26(33)34)24-18(8-13)21(30)10-23(35-24)29-11-15-9-22(31)28-25(32)19(15)12-29/h3-8,10,14,27H,9,11-12H2,1-2H3,(H,33,34)(H,28,31,32)/t14-/m1/s1. The highest BCUT2D eigenvalue weighted by Gasteiger charge is 2.33. The van der Waals surface area contributed by atoms with Crippen LogP contribution in [0, 0.1) is 6.92 Å². The number of nitrogens with zero attached hydrogens (tertiary/aromatic N) is 1. The molecule has 0 bridgehead atoms. The van der Waals surface area contributed by atoms with Crippen LogP contribution in [-0.2, 0) is 9.59 Å². The van der Waals surface area contributed by atoms with Gasteiger partial charge in [-0.1, -0.05) is 18.2 Å². The zero-order valence-corrected chi connectivity index (χ0v) is 19.2. The molecule has 9 heteroatoms. The van der Waals surface area contributed by atoms with E-state index < -0.39 is 11.9 Å². The summed E-state index contributed by atoms with van der Waals surface area (Å²) in [7, 11) is 0. The first-order valence-corrected chi connectivity index (χ1v) is 11.2. The molecule has 178 valence electrons.